The van der Waals surface area contributed by atoms with E-state index >= 15 is 0 Å². The van der Waals surface area contributed by atoms with Crippen LogP contribution in [-0.2, 0) is 0 Å². The molecule has 0 unspecified atom stereocenters. The first-order valence-corrected chi connectivity index (χ1v) is 4.87. The highest BCUT2D eigenvalue weighted by Crippen LogP contribution is 2.21. The van der Waals surface area contributed by atoms with Gasteiger partial charge in [0.15, 0.2) is 0 Å². The van der Waals surface area contributed by atoms with Crippen molar-refractivity contribution in [2.45, 2.75) is 33.1 Å². The molecule has 0 radical (unpaired) electrons. The van der Waals surface area contributed by atoms with Gasteiger partial charge in [0.2, 0.25) is 0 Å². The summed E-state index contributed by atoms with van der Waals surface area (Å²) in [6.07, 6.45) is 4.29. The van der Waals surface area contributed by atoms with Crippen LogP contribution in [-0.4, -0.2) is 25.0 Å². The predicted octanol–water partition coefficient (Wildman–Crippen LogP) is 2.37. The average molecular weight is 155 g/mol. The summed E-state index contributed by atoms with van der Waals surface area (Å²) in [5, 5.41) is 0. The second-order valence-electron chi connectivity index (χ2n) is 4.40. The lowest BCUT2D eigenvalue weighted by molar-refractivity contribution is 0.190. The molecular weight excluding hydrogens is 134 g/mol. The van der Waals surface area contributed by atoms with Crippen LogP contribution >= 0.6 is 0 Å². The van der Waals surface area contributed by atoms with Crippen LogP contribution in [0.1, 0.15) is 33.1 Å². The van der Waals surface area contributed by atoms with Crippen molar-refractivity contribution < 1.29 is 0 Å². The van der Waals surface area contributed by atoms with Crippen molar-refractivity contribution in [2.75, 3.05) is 20.1 Å². The van der Waals surface area contributed by atoms with Gasteiger partial charge in [0.05, 0.1) is 0 Å². The lowest BCUT2D eigenvalue weighted by Crippen LogP contribution is -2.32. The molecule has 1 nitrogen and oxygen atoms in total. The van der Waals surface area contributed by atoms with E-state index in [-0.39, 0.29) is 0 Å². The Morgan fingerprint density at radius 1 is 1.45 bits per heavy atom. The van der Waals surface area contributed by atoms with Crippen LogP contribution in [0.5, 0.6) is 0 Å². The highest BCUT2D eigenvalue weighted by Gasteiger charge is 2.17. The maximum absolute atomic E-state index is 2.47. The summed E-state index contributed by atoms with van der Waals surface area (Å²) in [5.41, 5.74) is 0. The molecule has 1 rings (SSSR count). The molecule has 0 N–H and O–H groups in total. The van der Waals surface area contributed by atoms with Crippen molar-refractivity contribution in [1.29, 1.82) is 0 Å². The Balaban J connectivity index is 2.23. The predicted molar refractivity (Wildman–Crippen MR) is 49.7 cm³/mol. The van der Waals surface area contributed by atoms with E-state index in [4.69, 9.17) is 0 Å². The lowest BCUT2D eigenvalue weighted by Gasteiger charge is -2.30. The van der Waals surface area contributed by atoms with Gasteiger partial charge in [0, 0.05) is 6.54 Å². The van der Waals surface area contributed by atoms with Crippen LogP contribution < -0.4 is 0 Å². The van der Waals surface area contributed by atoms with E-state index in [2.05, 4.69) is 25.8 Å². The molecule has 0 amide bonds. The van der Waals surface area contributed by atoms with Crippen molar-refractivity contribution >= 4 is 0 Å². The Morgan fingerprint density at radius 2 is 2.18 bits per heavy atom. The molecule has 1 fully saturated rings. The Morgan fingerprint density at radius 3 is 2.73 bits per heavy atom. The molecule has 0 spiro atoms. The van der Waals surface area contributed by atoms with E-state index in [1.165, 1.54) is 32.4 Å². The minimum Gasteiger partial charge on any atom is -0.306 e. The molecule has 1 aliphatic heterocycles. The molecule has 1 aliphatic rings. The third-order valence-electron chi connectivity index (χ3n) is 2.53. The fourth-order valence-corrected chi connectivity index (χ4v) is 2.13. The summed E-state index contributed by atoms with van der Waals surface area (Å²) in [7, 11) is 2.24. The zero-order valence-corrected chi connectivity index (χ0v) is 8.14. The van der Waals surface area contributed by atoms with Crippen LogP contribution in [0.2, 0.25) is 0 Å². The average Bonchev–Trinajstić information content (AvgIpc) is 1.85. The maximum atomic E-state index is 2.47. The minimum absolute atomic E-state index is 0.881. The summed E-state index contributed by atoms with van der Waals surface area (Å²) < 4.78 is 0. The molecule has 1 heterocycles. The van der Waals surface area contributed by atoms with Gasteiger partial charge in [-0.3, -0.25) is 0 Å². The molecule has 66 valence electrons. The maximum Gasteiger partial charge on any atom is 0.000671 e. The molecule has 0 aliphatic carbocycles. The highest BCUT2D eigenvalue weighted by molar-refractivity contribution is 4.71. The quantitative estimate of drug-likeness (QED) is 0.592. The fraction of sp³-hybridized carbons (Fsp3) is 1.00. The first-order valence-electron chi connectivity index (χ1n) is 4.87. The molecular formula is C10H21N. The molecule has 0 aromatic rings. The number of hydrogen-bond donors (Lipinski definition) is 0. The Hall–Kier alpha value is -0.0400. The third-order valence-corrected chi connectivity index (χ3v) is 2.53. The van der Waals surface area contributed by atoms with E-state index in [1.54, 1.807) is 0 Å². The van der Waals surface area contributed by atoms with Gasteiger partial charge in [-0.25, -0.2) is 0 Å². The van der Waals surface area contributed by atoms with Crippen molar-refractivity contribution in [3.8, 4) is 0 Å². The van der Waals surface area contributed by atoms with Gasteiger partial charge in [0.1, 0.15) is 0 Å². The van der Waals surface area contributed by atoms with E-state index < -0.39 is 0 Å². The lowest BCUT2D eigenvalue weighted by atomic mass is 9.90. The number of rotatable bonds is 2. The van der Waals surface area contributed by atoms with Gasteiger partial charge in [0.25, 0.3) is 0 Å². The highest BCUT2D eigenvalue weighted by atomic mass is 15.1. The second kappa shape index (κ2) is 4.10. The van der Waals surface area contributed by atoms with Gasteiger partial charge in [-0.1, -0.05) is 13.8 Å². The molecule has 0 aromatic carbocycles. The first-order chi connectivity index (χ1) is 5.18. The van der Waals surface area contributed by atoms with Gasteiger partial charge >= 0.3 is 0 Å². The summed E-state index contributed by atoms with van der Waals surface area (Å²) in [6.45, 7) is 7.30. The number of likely N-dealkylation sites (tertiary alicyclic amines) is 1. The van der Waals surface area contributed by atoms with Crippen molar-refractivity contribution in [1.82, 2.24) is 4.90 Å². The van der Waals surface area contributed by atoms with E-state index in [9.17, 15) is 0 Å². The SMILES string of the molecule is CC(C)C[C@@H]1CCCN(C)C1. The Bertz CT molecular complexity index is 107. The normalized spacial score (nSPS) is 27.8. The molecule has 0 aromatic heterocycles. The van der Waals surface area contributed by atoms with Gasteiger partial charge in [-0.2, -0.15) is 0 Å². The summed E-state index contributed by atoms with van der Waals surface area (Å²) >= 11 is 0. The molecule has 1 heteroatoms. The third kappa shape index (κ3) is 3.24. The Labute approximate surface area is 70.8 Å². The van der Waals surface area contributed by atoms with E-state index in [0.717, 1.165) is 11.8 Å². The van der Waals surface area contributed by atoms with Crippen LogP contribution in [0.25, 0.3) is 0 Å². The molecule has 0 bridgehead atoms. The minimum atomic E-state index is 0.881. The monoisotopic (exact) mass is 155 g/mol. The number of piperidine rings is 1. The summed E-state index contributed by atoms with van der Waals surface area (Å²) in [6, 6.07) is 0. The van der Waals surface area contributed by atoms with Crippen LogP contribution in [0.4, 0.5) is 0 Å². The van der Waals surface area contributed by atoms with Crippen molar-refractivity contribution in [3.63, 3.8) is 0 Å². The van der Waals surface area contributed by atoms with Crippen molar-refractivity contribution in [3.05, 3.63) is 0 Å². The standard InChI is InChI=1S/C10H21N/c1-9(2)7-10-5-4-6-11(3)8-10/h9-10H,4-8H2,1-3H3/t10-/m0/s1. The van der Waals surface area contributed by atoms with Crippen LogP contribution in [0.3, 0.4) is 0 Å². The molecule has 1 atom stereocenters. The van der Waals surface area contributed by atoms with Crippen LogP contribution in [0.15, 0.2) is 0 Å². The van der Waals surface area contributed by atoms with Gasteiger partial charge in [-0.15, -0.1) is 0 Å². The van der Waals surface area contributed by atoms with Gasteiger partial charge in [-0.05, 0) is 44.7 Å². The summed E-state index contributed by atoms with van der Waals surface area (Å²) in [5.74, 6) is 1.86. The first kappa shape index (κ1) is 9.05. The van der Waals surface area contributed by atoms with E-state index in [0.29, 0.717) is 0 Å². The topological polar surface area (TPSA) is 3.24 Å². The van der Waals surface area contributed by atoms with Crippen molar-refractivity contribution in [2.24, 2.45) is 11.8 Å². The second-order valence-corrected chi connectivity index (χ2v) is 4.40. The zero-order valence-electron chi connectivity index (χ0n) is 8.14. The van der Waals surface area contributed by atoms with Gasteiger partial charge < -0.3 is 4.90 Å². The number of hydrogen-bond acceptors (Lipinski definition) is 1. The Kier molecular flexibility index (Phi) is 3.38. The largest absolute Gasteiger partial charge is 0.306 e. The molecule has 11 heavy (non-hydrogen) atoms. The smallest absolute Gasteiger partial charge is 0.000671 e. The molecule has 1 saturated heterocycles. The molecule has 0 saturated carbocycles. The summed E-state index contributed by atoms with van der Waals surface area (Å²) in [4.78, 5) is 2.47. The van der Waals surface area contributed by atoms with Crippen LogP contribution in [0, 0.1) is 11.8 Å². The zero-order chi connectivity index (χ0) is 8.27. The number of nitrogens with zero attached hydrogens (tertiary/aromatic N) is 1. The van der Waals surface area contributed by atoms with E-state index in [1.807, 2.05) is 0 Å². The fourth-order valence-electron chi connectivity index (χ4n) is 2.13.